The Balaban J connectivity index is 4.11. The summed E-state index contributed by atoms with van der Waals surface area (Å²) in [5, 5.41) is 0. The zero-order valence-corrected chi connectivity index (χ0v) is 10.9. The molecular formula is C11H20ClNO3. The summed E-state index contributed by atoms with van der Waals surface area (Å²) in [6.07, 6.45) is 0.225. The van der Waals surface area contributed by atoms with E-state index in [4.69, 9.17) is 16.3 Å². The first-order valence-electron chi connectivity index (χ1n) is 5.50. The van der Waals surface area contributed by atoms with Gasteiger partial charge in [0.1, 0.15) is 5.88 Å². The predicted molar refractivity (Wildman–Crippen MR) is 63.4 cm³/mol. The monoisotopic (exact) mass is 249 g/mol. The lowest BCUT2D eigenvalue weighted by Crippen LogP contribution is -2.36. The molecule has 0 spiro atoms. The van der Waals surface area contributed by atoms with Crippen molar-refractivity contribution in [1.82, 2.24) is 4.90 Å². The van der Waals surface area contributed by atoms with Gasteiger partial charge in [-0.15, -0.1) is 11.6 Å². The molecule has 0 unspecified atom stereocenters. The Bertz CT molecular complexity index is 231. The summed E-state index contributed by atoms with van der Waals surface area (Å²) in [6.45, 7) is 7.14. The van der Waals surface area contributed by atoms with Gasteiger partial charge in [0.2, 0.25) is 5.91 Å². The number of nitrogens with zero attached hydrogens (tertiary/aromatic N) is 1. The van der Waals surface area contributed by atoms with Gasteiger partial charge in [0.25, 0.3) is 0 Å². The van der Waals surface area contributed by atoms with Gasteiger partial charge in [-0.1, -0.05) is 13.8 Å². The van der Waals surface area contributed by atoms with Crippen molar-refractivity contribution in [3.8, 4) is 0 Å². The van der Waals surface area contributed by atoms with Crippen molar-refractivity contribution in [1.29, 1.82) is 0 Å². The third kappa shape index (κ3) is 6.67. The maximum Gasteiger partial charge on any atom is 0.307 e. The number of amides is 1. The number of carbonyl (C=O) groups is 2. The Labute approximate surface area is 102 Å². The first-order chi connectivity index (χ1) is 7.51. The molecule has 16 heavy (non-hydrogen) atoms. The molecule has 0 aliphatic rings. The fourth-order valence-corrected chi connectivity index (χ4v) is 1.47. The molecule has 0 aromatic heterocycles. The van der Waals surface area contributed by atoms with Gasteiger partial charge >= 0.3 is 5.97 Å². The number of rotatable bonds is 7. The molecule has 4 nitrogen and oxygen atoms in total. The summed E-state index contributed by atoms with van der Waals surface area (Å²) in [4.78, 5) is 24.2. The van der Waals surface area contributed by atoms with Gasteiger partial charge in [0, 0.05) is 13.1 Å². The van der Waals surface area contributed by atoms with Crippen LogP contribution in [0.2, 0.25) is 0 Å². The normalized spacial score (nSPS) is 10.3. The topological polar surface area (TPSA) is 46.6 Å². The first kappa shape index (κ1) is 15.2. The minimum atomic E-state index is -0.279. The molecule has 0 bridgehead atoms. The number of halogens is 1. The second kappa shape index (κ2) is 8.39. The quantitative estimate of drug-likeness (QED) is 0.509. The van der Waals surface area contributed by atoms with Crippen LogP contribution in [0, 0.1) is 5.92 Å². The van der Waals surface area contributed by atoms with Crippen LogP contribution in [0.4, 0.5) is 0 Å². The Morgan fingerprint density at radius 2 is 2.00 bits per heavy atom. The van der Waals surface area contributed by atoms with E-state index in [-0.39, 0.29) is 24.2 Å². The third-order valence-electron chi connectivity index (χ3n) is 1.94. The lowest BCUT2D eigenvalue weighted by molar-refractivity contribution is -0.144. The van der Waals surface area contributed by atoms with Crippen LogP contribution in [-0.2, 0) is 14.3 Å². The zero-order chi connectivity index (χ0) is 12.6. The van der Waals surface area contributed by atoms with Crippen molar-refractivity contribution < 1.29 is 14.3 Å². The van der Waals surface area contributed by atoms with Crippen molar-refractivity contribution in [2.24, 2.45) is 5.92 Å². The van der Waals surface area contributed by atoms with Gasteiger partial charge in [0.15, 0.2) is 0 Å². The van der Waals surface area contributed by atoms with Crippen LogP contribution in [-0.4, -0.2) is 42.4 Å². The number of carbonyl (C=O) groups excluding carboxylic acids is 2. The predicted octanol–water partition coefficient (Wildman–Crippen LogP) is 1.66. The summed E-state index contributed by atoms with van der Waals surface area (Å²) in [6, 6.07) is 0. The van der Waals surface area contributed by atoms with Crippen molar-refractivity contribution in [2.75, 3.05) is 25.6 Å². The number of ether oxygens (including phenoxy) is 1. The van der Waals surface area contributed by atoms with Crippen molar-refractivity contribution in [3.05, 3.63) is 0 Å². The number of esters is 1. The molecular weight excluding hydrogens is 230 g/mol. The van der Waals surface area contributed by atoms with Crippen molar-refractivity contribution >= 4 is 23.5 Å². The summed E-state index contributed by atoms with van der Waals surface area (Å²) < 4.78 is 4.80. The second-order valence-electron chi connectivity index (χ2n) is 3.92. The van der Waals surface area contributed by atoms with E-state index >= 15 is 0 Å². The molecule has 0 aliphatic carbocycles. The molecule has 0 saturated carbocycles. The van der Waals surface area contributed by atoms with Gasteiger partial charge in [-0.3, -0.25) is 9.59 Å². The average molecular weight is 250 g/mol. The Morgan fingerprint density at radius 3 is 2.44 bits per heavy atom. The van der Waals surface area contributed by atoms with E-state index in [1.165, 1.54) is 0 Å². The molecule has 0 rings (SSSR count). The third-order valence-corrected chi connectivity index (χ3v) is 2.17. The van der Waals surface area contributed by atoms with Crippen LogP contribution in [0.3, 0.4) is 0 Å². The van der Waals surface area contributed by atoms with Crippen LogP contribution in [0.25, 0.3) is 0 Å². The number of alkyl halides is 1. The smallest absolute Gasteiger partial charge is 0.307 e. The molecule has 0 radical (unpaired) electrons. The summed E-state index contributed by atoms with van der Waals surface area (Å²) in [5.74, 6) is -0.108. The minimum Gasteiger partial charge on any atom is -0.466 e. The fourth-order valence-electron chi connectivity index (χ4n) is 1.30. The molecule has 0 N–H and O–H groups in total. The standard InChI is InChI=1S/C11H20ClNO3/c1-4-16-11(15)5-6-13(8-9(2)3)10(14)7-12/h9H,4-8H2,1-3H3. The number of hydrogen-bond acceptors (Lipinski definition) is 3. The van der Waals surface area contributed by atoms with E-state index < -0.39 is 0 Å². The lowest BCUT2D eigenvalue weighted by Gasteiger charge is -2.23. The Hall–Kier alpha value is -0.770. The largest absolute Gasteiger partial charge is 0.466 e. The van der Waals surface area contributed by atoms with Crippen molar-refractivity contribution in [2.45, 2.75) is 27.2 Å². The number of hydrogen-bond donors (Lipinski definition) is 0. The van der Waals surface area contributed by atoms with E-state index in [1.807, 2.05) is 13.8 Å². The lowest BCUT2D eigenvalue weighted by atomic mass is 10.2. The van der Waals surface area contributed by atoms with E-state index in [0.717, 1.165) is 0 Å². The van der Waals surface area contributed by atoms with Gasteiger partial charge in [-0.05, 0) is 12.8 Å². The molecule has 0 aromatic carbocycles. The molecule has 0 fully saturated rings. The van der Waals surface area contributed by atoms with Gasteiger partial charge in [-0.2, -0.15) is 0 Å². The van der Waals surface area contributed by atoms with Gasteiger partial charge in [-0.25, -0.2) is 0 Å². The van der Waals surface area contributed by atoms with Crippen LogP contribution >= 0.6 is 11.6 Å². The molecule has 1 amide bonds. The van der Waals surface area contributed by atoms with Crippen LogP contribution in [0.15, 0.2) is 0 Å². The van der Waals surface area contributed by atoms with Crippen LogP contribution < -0.4 is 0 Å². The molecule has 5 heteroatoms. The molecule has 0 aromatic rings. The second-order valence-corrected chi connectivity index (χ2v) is 4.19. The van der Waals surface area contributed by atoms with Crippen LogP contribution in [0.1, 0.15) is 27.2 Å². The highest BCUT2D eigenvalue weighted by atomic mass is 35.5. The minimum absolute atomic E-state index is 0.0461. The Morgan fingerprint density at radius 1 is 1.38 bits per heavy atom. The molecule has 0 saturated heterocycles. The summed E-state index contributed by atoms with van der Waals surface area (Å²) in [7, 11) is 0. The SMILES string of the molecule is CCOC(=O)CCN(CC(C)C)C(=O)CCl. The highest BCUT2D eigenvalue weighted by molar-refractivity contribution is 6.27. The molecule has 0 atom stereocenters. The zero-order valence-electron chi connectivity index (χ0n) is 10.2. The maximum absolute atomic E-state index is 11.5. The van der Waals surface area contributed by atoms with Crippen molar-refractivity contribution in [3.63, 3.8) is 0 Å². The summed E-state index contributed by atoms with van der Waals surface area (Å²) in [5.41, 5.74) is 0. The first-order valence-corrected chi connectivity index (χ1v) is 6.04. The molecule has 94 valence electrons. The molecule has 0 aliphatic heterocycles. The highest BCUT2D eigenvalue weighted by Gasteiger charge is 2.15. The van der Waals surface area contributed by atoms with E-state index in [1.54, 1.807) is 11.8 Å². The van der Waals surface area contributed by atoms with Gasteiger partial charge < -0.3 is 9.64 Å². The van der Waals surface area contributed by atoms with Crippen LogP contribution in [0.5, 0.6) is 0 Å². The fraction of sp³-hybridized carbons (Fsp3) is 0.818. The van der Waals surface area contributed by atoms with E-state index in [0.29, 0.717) is 25.6 Å². The summed E-state index contributed by atoms with van der Waals surface area (Å²) >= 11 is 5.50. The highest BCUT2D eigenvalue weighted by Crippen LogP contribution is 2.02. The van der Waals surface area contributed by atoms with E-state index in [2.05, 4.69) is 0 Å². The maximum atomic E-state index is 11.5. The molecule has 0 heterocycles. The Kier molecular flexibility index (Phi) is 7.99. The van der Waals surface area contributed by atoms with Gasteiger partial charge in [0.05, 0.1) is 13.0 Å². The average Bonchev–Trinajstić information content (AvgIpc) is 2.23. The van der Waals surface area contributed by atoms with E-state index in [9.17, 15) is 9.59 Å².